The maximum Gasteiger partial charge on any atom is 0.0702 e. The van der Waals surface area contributed by atoms with Gasteiger partial charge in [-0.05, 0) is 41.8 Å². The van der Waals surface area contributed by atoms with Crippen LogP contribution >= 0.6 is 0 Å². The van der Waals surface area contributed by atoms with E-state index >= 15 is 0 Å². The molecule has 1 heteroatoms. The first-order chi connectivity index (χ1) is 8.34. The minimum absolute atomic E-state index is 1.05. The zero-order valence-electron chi connectivity index (χ0n) is 9.72. The van der Waals surface area contributed by atoms with Gasteiger partial charge in [-0.3, -0.25) is 4.98 Å². The number of aromatic nitrogens is 1. The number of fused-ring (bicyclic) bond motifs is 1. The Morgan fingerprint density at radius 1 is 0.882 bits per heavy atom. The summed E-state index contributed by atoms with van der Waals surface area (Å²) in [5.41, 5.74) is 4.89. The molecule has 1 nitrogen and oxygen atoms in total. The molecule has 3 aromatic rings. The van der Waals surface area contributed by atoms with Gasteiger partial charge in [-0.1, -0.05) is 36.4 Å². The largest absolute Gasteiger partial charge is 0.256 e. The number of hydrogen-bond acceptors (Lipinski definition) is 1. The zero-order valence-corrected chi connectivity index (χ0v) is 9.72. The Hall–Kier alpha value is -2.15. The Balaban J connectivity index is 2.22. The van der Waals surface area contributed by atoms with Crippen molar-refractivity contribution < 1.29 is 0 Å². The minimum Gasteiger partial charge on any atom is -0.256 e. The number of rotatable bonds is 1. The molecule has 0 aliphatic rings. The summed E-state index contributed by atoms with van der Waals surface area (Å²) < 4.78 is 0. The lowest BCUT2D eigenvalue weighted by Crippen LogP contribution is -1.84. The maximum atomic E-state index is 4.34. The van der Waals surface area contributed by atoms with Crippen molar-refractivity contribution in [3.8, 4) is 11.1 Å². The monoisotopic (exact) mass is 219 g/mol. The fraction of sp³-hybridized carbons (Fsp3) is 0.0625. The second-order valence-corrected chi connectivity index (χ2v) is 4.23. The molecule has 0 unspecified atom stereocenters. The number of benzene rings is 2. The SMILES string of the molecule is Cc1ccccc1-c1ccc2ncccc2c1. The van der Waals surface area contributed by atoms with Crippen molar-refractivity contribution in [2.75, 3.05) is 0 Å². The van der Waals surface area contributed by atoms with Crippen molar-refractivity contribution in [3.63, 3.8) is 0 Å². The molecule has 1 heterocycles. The number of pyridine rings is 1. The molecule has 0 saturated carbocycles. The third-order valence-corrected chi connectivity index (χ3v) is 3.06. The Morgan fingerprint density at radius 2 is 1.76 bits per heavy atom. The van der Waals surface area contributed by atoms with E-state index < -0.39 is 0 Å². The van der Waals surface area contributed by atoms with Crippen molar-refractivity contribution in [2.24, 2.45) is 0 Å². The normalized spacial score (nSPS) is 10.6. The molecule has 1 aromatic heterocycles. The van der Waals surface area contributed by atoms with E-state index in [1.807, 2.05) is 12.3 Å². The average molecular weight is 219 g/mol. The van der Waals surface area contributed by atoms with Crippen LogP contribution in [0.1, 0.15) is 5.56 Å². The van der Waals surface area contributed by atoms with Crippen LogP contribution in [0.25, 0.3) is 22.0 Å². The third-order valence-electron chi connectivity index (χ3n) is 3.06. The lowest BCUT2D eigenvalue weighted by Gasteiger charge is -2.06. The molecule has 2 aromatic carbocycles. The van der Waals surface area contributed by atoms with Gasteiger partial charge in [0.2, 0.25) is 0 Å². The first-order valence-electron chi connectivity index (χ1n) is 5.75. The fourth-order valence-electron chi connectivity index (χ4n) is 2.14. The van der Waals surface area contributed by atoms with Gasteiger partial charge in [-0.25, -0.2) is 0 Å². The lowest BCUT2D eigenvalue weighted by atomic mass is 9.99. The smallest absolute Gasteiger partial charge is 0.0702 e. The van der Waals surface area contributed by atoms with Crippen molar-refractivity contribution in [2.45, 2.75) is 6.92 Å². The molecule has 0 spiro atoms. The summed E-state index contributed by atoms with van der Waals surface area (Å²) in [5.74, 6) is 0. The summed E-state index contributed by atoms with van der Waals surface area (Å²) >= 11 is 0. The first-order valence-corrected chi connectivity index (χ1v) is 5.75. The topological polar surface area (TPSA) is 12.9 Å². The molecule has 0 bridgehead atoms. The second kappa shape index (κ2) is 4.02. The van der Waals surface area contributed by atoms with Crippen LogP contribution in [-0.4, -0.2) is 4.98 Å². The van der Waals surface area contributed by atoms with Gasteiger partial charge in [-0.2, -0.15) is 0 Å². The Bertz CT molecular complexity index is 671. The molecule has 0 aliphatic heterocycles. The van der Waals surface area contributed by atoms with Crippen LogP contribution in [0.5, 0.6) is 0 Å². The quantitative estimate of drug-likeness (QED) is 0.597. The molecular weight excluding hydrogens is 206 g/mol. The molecule has 0 N–H and O–H groups in total. The maximum absolute atomic E-state index is 4.34. The van der Waals surface area contributed by atoms with E-state index in [1.165, 1.54) is 22.1 Å². The summed E-state index contributed by atoms with van der Waals surface area (Å²) in [6, 6.07) is 18.9. The van der Waals surface area contributed by atoms with Crippen molar-refractivity contribution in [1.82, 2.24) is 4.98 Å². The third kappa shape index (κ3) is 1.80. The van der Waals surface area contributed by atoms with Gasteiger partial charge in [0.05, 0.1) is 5.52 Å². The fourth-order valence-corrected chi connectivity index (χ4v) is 2.14. The highest BCUT2D eigenvalue weighted by atomic mass is 14.6. The summed E-state index contributed by atoms with van der Waals surface area (Å²) in [6.45, 7) is 2.14. The lowest BCUT2D eigenvalue weighted by molar-refractivity contribution is 1.41. The predicted octanol–water partition coefficient (Wildman–Crippen LogP) is 4.21. The van der Waals surface area contributed by atoms with E-state index in [4.69, 9.17) is 0 Å². The van der Waals surface area contributed by atoms with Gasteiger partial charge >= 0.3 is 0 Å². The highest BCUT2D eigenvalue weighted by Crippen LogP contribution is 2.25. The van der Waals surface area contributed by atoms with E-state index in [0.29, 0.717) is 0 Å². The van der Waals surface area contributed by atoms with Crippen LogP contribution in [0.4, 0.5) is 0 Å². The predicted molar refractivity (Wildman–Crippen MR) is 71.9 cm³/mol. The molecule has 0 amide bonds. The van der Waals surface area contributed by atoms with E-state index in [2.05, 4.69) is 60.4 Å². The minimum atomic E-state index is 1.05. The summed E-state index contributed by atoms with van der Waals surface area (Å²) in [5, 5.41) is 1.19. The van der Waals surface area contributed by atoms with Gasteiger partial charge in [0.25, 0.3) is 0 Å². The number of nitrogens with zero attached hydrogens (tertiary/aromatic N) is 1. The molecule has 3 rings (SSSR count). The van der Waals surface area contributed by atoms with Crippen molar-refractivity contribution in [1.29, 1.82) is 0 Å². The summed E-state index contributed by atoms with van der Waals surface area (Å²) in [4.78, 5) is 4.34. The molecule has 0 fully saturated rings. The highest BCUT2D eigenvalue weighted by molar-refractivity contribution is 5.84. The van der Waals surface area contributed by atoms with Gasteiger partial charge in [-0.15, -0.1) is 0 Å². The van der Waals surface area contributed by atoms with Crippen LogP contribution in [-0.2, 0) is 0 Å². The van der Waals surface area contributed by atoms with E-state index in [-0.39, 0.29) is 0 Å². The van der Waals surface area contributed by atoms with Crippen molar-refractivity contribution >= 4 is 10.9 Å². The molecule has 17 heavy (non-hydrogen) atoms. The van der Waals surface area contributed by atoms with Gasteiger partial charge < -0.3 is 0 Å². The van der Waals surface area contributed by atoms with Gasteiger partial charge in [0.15, 0.2) is 0 Å². The van der Waals surface area contributed by atoms with E-state index in [9.17, 15) is 0 Å². The standard InChI is InChI=1S/C16H13N/c1-12-5-2-3-7-15(12)13-8-9-16-14(11-13)6-4-10-17-16/h2-11H,1H3. The van der Waals surface area contributed by atoms with Crippen LogP contribution in [0, 0.1) is 6.92 Å². The molecule has 0 atom stereocenters. The van der Waals surface area contributed by atoms with Crippen LogP contribution in [0.3, 0.4) is 0 Å². The number of aryl methyl sites for hydroxylation is 1. The first kappa shape index (κ1) is 10.0. The molecule has 0 aliphatic carbocycles. The second-order valence-electron chi connectivity index (χ2n) is 4.23. The Labute approximate surface area is 101 Å². The Kier molecular flexibility index (Phi) is 2.37. The molecule has 0 saturated heterocycles. The Morgan fingerprint density at radius 3 is 2.65 bits per heavy atom. The summed E-state index contributed by atoms with van der Waals surface area (Å²) in [6.07, 6.45) is 1.83. The molecule has 0 radical (unpaired) electrons. The number of hydrogen-bond donors (Lipinski definition) is 0. The average Bonchev–Trinajstić information content (AvgIpc) is 2.39. The van der Waals surface area contributed by atoms with Crippen molar-refractivity contribution in [3.05, 3.63) is 66.4 Å². The summed E-state index contributed by atoms with van der Waals surface area (Å²) in [7, 11) is 0. The van der Waals surface area contributed by atoms with Crippen LogP contribution in [0.2, 0.25) is 0 Å². The van der Waals surface area contributed by atoms with Crippen LogP contribution < -0.4 is 0 Å². The van der Waals surface area contributed by atoms with Crippen LogP contribution in [0.15, 0.2) is 60.8 Å². The highest BCUT2D eigenvalue weighted by Gasteiger charge is 2.02. The zero-order chi connectivity index (χ0) is 11.7. The van der Waals surface area contributed by atoms with Gasteiger partial charge in [0.1, 0.15) is 0 Å². The van der Waals surface area contributed by atoms with E-state index in [0.717, 1.165) is 5.52 Å². The van der Waals surface area contributed by atoms with E-state index in [1.54, 1.807) is 0 Å². The molecule has 82 valence electrons. The molecular formula is C16H13N. The van der Waals surface area contributed by atoms with Gasteiger partial charge in [0, 0.05) is 11.6 Å².